The van der Waals surface area contributed by atoms with Gasteiger partial charge < -0.3 is 25.0 Å². The van der Waals surface area contributed by atoms with Crippen LogP contribution in [-0.4, -0.2) is 59.0 Å². The molecule has 1 fully saturated rings. The van der Waals surface area contributed by atoms with Crippen LogP contribution in [0.3, 0.4) is 0 Å². The molecule has 0 saturated carbocycles. The second-order valence-corrected chi connectivity index (χ2v) is 11.6. The molecule has 4 heterocycles. The topological polar surface area (TPSA) is 141 Å². The van der Waals surface area contributed by atoms with E-state index in [-0.39, 0.29) is 39.9 Å². The summed E-state index contributed by atoms with van der Waals surface area (Å²) < 4.78 is 32.0. The van der Waals surface area contributed by atoms with Crippen molar-refractivity contribution in [3.63, 3.8) is 0 Å². The second-order valence-electron chi connectivity index (χ2n) is 9.16. The normalized spacial score (nSPS) is 18.2. The van der Waals surface area contributed by atoms with Crippen LogP contribution in [0.4, 0.5) is 5.00 Å². The number of thiophene rings is 1. The Bertz CT molecular complexity index is 1790. The van der Waals surface area contributed by atoms with E-state index < -0.39 is 33.3 Å². The first-order valence-corrected chi connectivity index (χ1v) is 14.2. The molecule has 2 aliphatic heterocycles. The largest absolute Gasteiger partial charge is 0.506 e. The van der Waals surface area contributed by atoms with Gasteiger partial charge in [-0.25, -0.2) is 0 Å². The Balaban J connectivity index is 1.47. The number of benzene rings is 2. The number of amidine groups is 1. The molecule has 194 valence electrons. The van der Waals surface area contributed by atoms with Gasteiger partial charge in [0.1, 0.15) is 21.2 Å². The Kier molecular flexibility index (Phi) is 5.82. The molecule has 4 aromatic rings. The fraction of sp³-hybridized carbons (Fsp3) is 0.192. The van der Waals surface area contributed by atoms with Gasteiger partial charge in [0, 0.05) is 23.9 Å². The highest BCUT2D eigenvalue weighted by atomic mass is 32.2. The summed E-state index contributed by atoms with van der Waals surface area (Å²) in [6.45, 7) is 0.633. The van der Waals surface area contributed by atoms with Gasteiger partial charge in [0.05, 0.1) is 23.7 Å². The first-order valence-electron chi connectivity index (χ1n) is 11.8. The molecular weight excluding hydrogens is 528 g/mol. The highest BCUT2D eigenvalue weighted by molar-refractivity contribution is 7.90. The first-order chi connectivity index (χ1) is 18.2. The lowest BCUT2D eigenvalue weighted by Gasteiger charge is -2.20. The van der Waals surface area contributed by atoms with Crippen LogP contribution in [0.5, 0.6) is 5.75 Å². The zero-order valence-corrected chi connectivity index (χ0v) is 21.5. The monoisotopic (exact) mass is 550 g/mol. The van der Waals surface area contributed by atoms with Gasteiger partial charge in [-0.2, -0.15) is 8.42 Å². The van der Waals surface area contributed by atoms with Gasteiger partial charge in [-0.1, -0.05) is 42.5 Å². The number of likely N-dealkylation sites (tertiary alicyclic amines) is 1. The zero-order chi connectivity index (χ0) is 26.6. The minimum atomic E-state index is -4.41. The zero-order valence-electron chi connectivity index (χ0n) is 19.9. The van der Waals surface area contributed by atoms with Crippen LogP contribution >= 0.6 is 11.3 Å². The van der Waals surface area contributed by atoms with Gasteiger partial charge in [-0.15, -0.1) is 15.7 Å². The minimum Gasteiger partial charge on any atom is -0.506 e. The predicted molar refractivity (Wildman–Crippen MR) is 144 cm³/mol. The van der Waals surface area contributed by atoms with E-state index in [0.717, 1.165) is 16.9 Å². The SMILES string of the molecule is O=C(c1csc2c1S(=O)(=O)N=C(c1c(O)c3ccccc3n(Cc3ccccc3)c1=O)N2)N1CC[C@@H](O)C1. The molecule has 0 unspecified atom stereocenters. The third kappa shape index (κ3) is 3.97. The van der Waals surface area contributed by atoms with E-state index in [0.29, 0.717) is 23.9 Å². The van der Waals surface area contributed by atoms with Crippen LogP contribution in [0.15, 0.2) is 74.1 Å². The van der Waals surface area contributed by atoms with Crippen LogP contribution in [0.2, 0.25) is 0 Å². The number of amides is 1. The third-order valence-electron chi connectivity index (χ3n) is 6.69. The number of sulfonamides is 1. The van der Waals surface area contributed by atoms with Gasteiger partial charge in [0.2, 0.25) is 0 Å². The molecule has 6 rings (SSSR count). The average Bonchev–Trinajstić information content (AvgIpc) is 3.54. The summed E-state index contributed by atoms with van der Waals surface area (Å²) in [5, 5.41) is 25.7. The number of aliphatic hydroxyl groups excluding tert-OH is 1. The molecule has 0 radical (unpaired) electrons. The Hall–Kier alpha value is -4.00. The summed E-state index contributed by atoms with van der Waals surface area (Å²) in [7, 11) is -4.41. The average molecular weight is 551 g/mol. The molecule has 1 atom stereocenters. The number of carbonyl (C=O) groups excluding carboxylic acids is 1. The summed E-state index contributed by atoms with van der Waals surface area (Å²) in [5.41, 5.74) is 0.392. The molecule has 0 bridgehead atoms. The quantitative estimate of drug-likeness (QED) is 0.355. The Labute approximate surface area is 221 Å². The second kappa shape index (κ2) is 9.08. The molecule has 1 saturated heterocycles. The lowest BCUT2D eigenvalue weighted by molar-refractivity contribution is 0.0762. The van der Waals surface area contributed by atoms with Crippen molar-refractivity contribution in [2.45, 2.75) is 24.0 Å². The summed E-state index contributed by atoms with van der Waals surface area (Å²) in [5.74, 6) is -1.22. The number of aromatic nitrogens is 1. The van der Waals surface area contributed by atoms with Gasteiger partial charge in [0.25, 0.3) is 21.5 Å². The number of rotatable bonds is 4. The molecular formula is C26H22N4O6S2. The van der Waals surface area contributed by atoms with Gasteiger partial charge >= 0.3 is 0 Å². The van der Waals surface area contributed by atoms with Crippen molar-refractivity contribution in [3.05, 3.63) is 87.0 Å². The van der Waals surface area contributed by atoms with Crippen molar-refractivity contribution >= 4 is 49.0 Å². The Morgan fingerprint density at radius 3 is 2.61 bits per heavy atom. The molecule has 10 nitrogen and oxygen atoms in total. The van der Waals surface area contributed by atoms with Crippen molar-refractivity contribution in [3.8, 4) is 5.75 Å². The summed E-state index contributed by atoms with van der Waals surface area (Å²) >= 11 is 0.991. The summed E-state index contributed by atoms with van der Waals surface area (Å²) in [6.07, 6.45) is -0.233. The number of nitrogens with zero attached hydrogens (tertiary/aromatic N) is 3. The fourth-order valence-corrected chi connectivity index (χ4v) is 7.40. The van der Waals surface area contributed by atoms with Crippen LogP contribution < -0.4 is 10.9 Å². The number of nitrogens with one attached hydrogen (secondary N) is 1. The molecule has 0 aliphatic carbocycles. The number of fused-ring (bicyclic) bond motifs is 2. The molecule has 38 heavy (non-hydrogen) atoms. The van der Waals surface area contributed by atoms with Crippen molar-refractivity contribution in [1.29, 1.82) is 0 Å². The maximum Gasteiger partial charge on any atom is 0.288 e. The smallest absolute Gasteiger partial charge is 0.288 e. The highest BCUT2D eigenvalue weighted by Crippen LogP contribution is 2.39. The molecule has 1 amide bonds. The number of hydrogen-bond donors (Lipinski definition) is 3. The Morgan fingerprint density at radius 2 is 1.87 bits per heavy atom. The maximum absolute atomic E-state index is 13.8. The van der Waals surface area contributed by atoms with Gasteiger partial charge in [-0.05, 0) is 24.1 Å². The standard InChI is InChI=1S/C26H22N4O6S2/c31-16-10-11-29(13-16)25(33)18-14-37-24-22(18)38(35,36)28-23(27-24)20-21(32)17-8-4-5-9-19(17)30(26(20)34)12-15-6-2-1-3-7-15/h1-9,14,16,31-32H,10-13H2,(H,27,28)/t16-/m1/s1. The lowest BCUT2D eigenvalue weighted by Crippen LogP contribution is -2.33. The fourth-order valence-electron chi connectivity index (χ4n) is 4.86. The van der Waals surface area contributed by atoms with Crippen LogP contribution in [0.1, 0.15) is 27.9 Å². The van der Waals surface area contributed by atoms with E-state index in [9.17, 15) is 28.2 Å². The molecule has 3 N–H and O–H groups in total. The van der Waals surface area contributed by atoms with E-state index in [4.69, 9.17) is 0 Å². The van der Waals surface area contributed by atoms with E-state index in [1.165, 1.54) is 14.8 Å². The number of pyridine rings is 1. The van der Waals surface area contributed by atoms with Crippen LogP contribution in [0, 0.1) is 0 Å². The van der Waals surface area contributed by atoms with Crippen LogP contribution in [0.25, 0.3) is 10.9 Å². The summed E-state index contributed by atoms with van der Waals surface area (Å²) in [6, 6.07) is 16.1. The molecule has 12 heteroatoms. The molecule has 2 aromatic heterocycles. The lowest BCUT2D eigenvalue weighted by atomic mass is 10.1. The van der Waals surface area contributed by atoms with E-state index in [1.807, 2.05) is 30.3 Å². The molecule has 0 spiro atoms. The highest BCUT2D eigenvalue weighted by Gasteiger charge is 2.37. The van der Waals surface area contributed by atoms with Crippen LogP contribution in [-0.2, 0) is 16.6 Å². The van der Waals surface area contributed by atoms with Gasteiger partial charge in [0.15, 0.2) is 5.84 Å². The third-order valence-corrected chi connectivity index (χ3v) is 9.08. The van der Waals surface area contributed by atoms with Crippen molar-refractivity contribution in [2.24, 2.45) is 4.40 Å². The first kappa shape index (κ1) is 24.3. The van der Waals surface area contributed by atoms with E-state index in [2.05, 4.69) is 9.71 Å². The van der Waals surface area contributed by atoms with Crippen molar-refractivity contribution in [2.75, 3.05) is 18.4 Å². The number of β-amino-alcohol motifs (C(OH)–C–C–N with tert-alkyl or cyclic N) is 1. The molecule has 2 aromatic carbocycles. The van der Waals surface area contributed by atoms with Gasteiger partial charge in [-0.3, -0.25) is 9.59 Å². The van der Waals surface area contributed by atoms with E-state index in [1.54, 1.807) is 24.3 Å². The van der Waals surface area contributed by atoms with E-state index >= 15 is 0 Å². The van der Waals surface area contributed by atoms with Crippen molar-refractivity contribution in [1.82, 2.24) is 9.47 Å². The summed E-state index contributed by atoms with van der Waals surface area (Å²) in [4.78, 5) is 27.9. The molecule has 2 aliphatic rings. The number of carbonyl (C=O) groups is 1. The predicted octanol–water partition coefficient (Wildman–Crippen LogP) is 2.58. The number of para-hydroxylation sites is 1. The number of aliphatic hydroxyl groups is 1. The Morgan fingerprint density at radius 1 is 1.13 bits per heavy atom. The maximum atomic E-state index is 13.8. The minimum absolute atomic E-state index is 0.0429. The number of anilines is 1. The number of hydrogen-bond acceptors (Lipinski definition) is 8. The number of aromatic hydroxyl groups is 1. The van der Waals surface area contributed by atoms with Crippen molar-refractivity contribution < 1.29 is 23.4 Å².